The number of rotatable bonds is 5. The number of methoxy groups -OCH3 is 1. The van der Waals surface area contributed by atoms with Gasteiger partial charge in [-0.3, -0.25) is 14.2 Å². The fourth-order valence-electron chi connectivity index (χ4n) is 3.44. The lowest BCUT2D eigenvalue weighted by Crippen LogP contribution is -2.34. The summed E-state index contributed by atoms with van der Waals surface area (Å²) in [4.78, 5) is 29.7. The van der Waals surface area contributed by atoms with E-state index < -0.39 is 0 Å². The number of carbonyl (C=O) groups excluding carboxylic acids is 1. The molecule has 1 unspecified atom stereocenters. The summed E-state index contributed by atoms with van der Waals surface area (Å²) in [6.45, 7) is 3.70. The minimum absolute atomic E-state index is 0.148. The van der Waals surface area contributed by atoms with Crippen molar-refractivity contribution in [2.75, 3.05) is 7.11 Å². The zero-order chi connectivity index (χ0) is 20.5. The number of aromatic nitrogens is 2. The summed E-state index contributed by atoms with van der Waals surface area (Å²) in [5.74, 6) is 0.395. The summed E-state index contributed by atoms with van der Waals surface area (Å²) >= 11 is 0. The molecular weight excluding hydrogens is 370 g/mol. The third-order valence-electron chi connectivity index (χ3n) is 4.89. The van der Waals surface area contributed by atoms with E-state index in [1.807, 2.05) is 50.2 Å². The predicted octanol–water partition coefficient (Wildman–Crippen LogP) is 3.34. The van der Waals surface area contributed by atoms with Crippen LogP contribution in [0.15, 0.2) is 58.0 Å². The minimum atomic E-state index is -0.387. The van der Waals surface area contributed by atoms with E-state index in [4.69, 9.17) is 9.15 Å². The molecule has 2 aromatic carbocycles. The number of fused-ring (bicyclic) bond motifs is 3. The third kappa shape index (κ3) is 3.47. The van der Waals surface area contributed by atoms with Crippen LogP contribution in [0.1, 0.15) is 24.1 Å². The Kier molecular flexibility index (Phi) is 4.80. The highest BCUT2D eigenvalue weighted by atomic mass is 16.5. The van der Waals surface area contributed by atoms with E-state index in [-0.39, 0.29) is 29.6 Å². The number of ether oxygens (including phenoxy) is 1. The zero-order valence-electron chi connectivity index (χ0n) is 16.4. The minimum Gasteiger partial charge on any atom is -0.496 e. The van der Waals surface area contributed by atoms with Crippen LogP contribution in [0.4, 0.5) is 0 Å². The lowest BCUT2D eigenvalue weighted by Gasteiger charge is -2.18. The molecule has 29 heavy (non-hydrogen) atoms. The highest BCUT2D eigenvalue weighted by Crippen LogP contribution is 2.26. The van der Waals surface area contributed by atoms with Gasteiger partial charge in [0.1, 0.15) is 23.4 Å². The molecule has 0 fully saturated rings. The Morgan fingerprint density at radius 2 is 2.07 bits per heavy atom. The fourth-order valence-corrected chi connectivity index (χ4v) is 3.44. The van der Waals surface area contributed by atoms with Gasteiger partial charge in [-0.1, -0.05) is 29.8 Å². The quantitative estimate of drug-likeness (QED) is 0.564. The number of nitrogens with zero attached hydrogens (tertiary/aromatic N) is 2. The topological polar surface area (TPSA) is 86.4 Å². The van der Waals surface area contributed by atoms with E-state index in [0.29, 0.717) is 16.8 Å². The lowest BCUT2D eigenvalue weighted by molar-refractivity contribution is -0.122. The van der Waals surface area contributed by atoms with Crippen LogP contribution in [0.3, 0.4) is 0 Å². The van der Waals surface area contributed by atoms with Gasteiger partial charge in [0.15, 0.2) is 0 Å². The molecule has 0 saturated heterocycles. The first-order valence-corrected chi connectivity index (χ1v) is 9.28. The Bertz CT molecular complexity index is 1270. The number of benzene rings is 2. The summed E-state index contributed by atoms with van der Waals surface area (Å²) in [5, 5.41) is 3.69. The Morgan fingerprint density at radius 3 is 2.86 bits per heavy atom. The van der Waals surface area contributed by atoms with Crippen LogP contribution in [0.5, 0.6) is 5.75 Å². The molecule has 0 aliphatic heterocycles. The van der Waals surface area contributed by atoms with Gasteiger partial charge in [-0.05, 0) is 32.0 Å². The number of para-hydroxylation sites is 1. The second kappa shape index (κ2) is 7.43. The number of amides is 1. The SMILES string of the molecule is COc1ccc(C)cc1C(C)NC(=O)Cn1cnc2c(oc3ccccc32)c1=O. The molecular formula is C22H21N3O4. The van der Waals surface area contributed by atoms with Gasteiger partial charge in [-0.25, -0.2) is 4.98 Å². The number of furan rings is 1. The summed E-state index contributed by atoms with van der Waals surface area (Å²) in [6.07, 6.45) is 1.38. The zero-order valence-corrected chi connectivity index (χ0v) is 16.4. The first-order chi connectivity index (χ1) is 14.0. The molecule has 1 atom stereocenters. The molecule has 0 bridgehead atoms. The van der Waals surface area contributed by atoms with Crippen molar-refractivity contribution in [1.82, 2.24) is 14.9 Å². The molecule has 0 spiro atoms. The molecule has 0 radical (unpaired) electrons. The molecule has 0 saturated carbocycles. The molecule has 7 heteroatoms. The molecule has 4 aromatic rings. The summed E-state index contributed by atoms with van der Waals surface area (Å²) in [5.41, 5.74) is 2.79. The van der Waals surface area contributed by atoms with Crippen LogP contribution in [0.25, 0.3) is 22.1 Å². The molecule has 1 amide bonds. The number of carbonyl (C=O) groups is 1. The summed E-state index contributed by atoms with van der Waals surface area (Å²) in [6, 6.07) is 12.8. The van der Waals surface area contributed by atoms with Crippen LogP contribution in [0, 0.1) is 6.92 Å². The van der Waals surface area contributed by atoms with Gasteiger partial charge in [0.05, 0.1) is 19.5 Å². The second-order valence-corrected chi connectivity index (χ2v) is 6.99. The van der Waals surface area contributed by atoms with Crippen molar-refractivity contribution < 1.29 is 13.9 Å². The summed E-state index contributed by atoms with van der Waals surface area (Å²) in [7, 11) is 1.59. The molecule has 2 heterocycles. The van der Waals surface area contributed by atoms with Crippen LogP contribution >= 0.6 is 0 Å². The predicted molar refractivity (Wildman–Crippen MR) is 110 cm³/mol. The fraction of sp³-hybridized carbons (Fsp3) is 0.227. The maximum atomic E-state index is 12.8. The highest BCUT2D eigenvalue weighted by Gasteiger charge is 2.17. The molecule has 7 nitrogen and oxygen atoms in total. The number of hydrogen-bond acceptors (Lipinski definition) is 5. The van der Waals surface area contributed by atoms with Gasteiger partial charge in [0, 0.05) is 10.9 Å². The maximum Gasteiger partial charge on any atom is 0.297 e. The van der Waals surface area contributed by atoms with Crippen molar-refractivity contribution >= 4 is 28.0 Å². The molecule has 148 valence electrons. The van der Waals surface area contributed by atoms with E-state index in [2.05, 4.69) is 10.3 Å². The Morgan fingerprint density at radius 1 is 1.28 bits per heavy atom. The monoisotopic (exact) mass is 391 g/mol. The third-order valence-corrected chi connectivity index (χ3v) is 4.89. The number of aryl methyl sites for hydroxylation is 1. The normalized spacial score (nSPS) is 12.2. The van der Waals surface area contributed by atoms with Crippen LogP contribution in [-0.4, -0.2) is 22.6 Å². The van der Waals surface area contributed by atoms with E-state index in [9.17, 15) is 9.59 Å². The van der Waals surface area contributed by atoms with Crippen molar-refractivity contribution in [3.8, 4) is 5.75 Å². The van der Waals surface area contributed by atoms with Crippen molar-refractivity contribution in [2.24, 2.45) is 0 Å². The number of hydrogen-bond donors (Lipinski definition) is 1. The van der Waals surface area contributed by atoms with Crippen LogP contribution in [0.2, 0.25) is 0 Å². The maximum absolute atomic E-state index is 12.8. The van der Waals surface area contributed by atoms with Crippen molar-refractivity contribution in [2.45, 2.75) is 26.4 Å². The van der Waals surface area contributed by atoms with Gasteiger partial charge in [-0.2, -0.15) is 0 Å². The Hall–Kier alpha value is -3.61. The van der Waals surface area contributed by atoms with Gasteiger partial charge < -0.3 is 14.5 Å². The van der Waals surface area contributed by atoms with Crippen LogP contribution < -0.4 is 15.6 Å². The molecule has 1 N–H and O–H groups in total. The van der Waals surface area contributed by atoms with Gasteiger partial charge in [-0.15, -0.1) is 0 Å². The average Bonchev–Trinajstić information content (AvgIpc) is 3.09. The molecule has 4 rings (SSSR count). The van der Waals surface area contributed by atoms with Gasteiger partial charge in [0.2, 0.25) is 11.5 Å². The molecule has 0 aliphatic rings. The Labute approximate surface area is 166 Å². The summed E-state index contributed by atoms with van der Waals surface area (Å²) < 4.78 is 12.3. The highest BCUT2D eigenvalue weighted by molar-refractivity contribution is 6.01. The Balaban J connectivity index is 1.58. The van der Waals surface area contributed by atoms with Gasteiger partial charge >= 0.3 is 0 Å². The smallest absolute Gasteiger partial charge is 0.297 e. The molecule has 2 aromatic heterocycles. The standard InChI is InChI=1S/C22H21N3O4/c1-13-8-9-17(28-3)16(10-13)14(2)24-19(26)11-25-12-23-20-15-6-4-5-7-18(15)29-21(20)22(25)27/h4-10,12,14H,11H2,1-3H3,(H,24,26). The molecule has 0 aliphatic carbocycles. The second-order valence-electron chi connectivity index (χ2n) is 6.99. The largest absolute Gasteiger partial charge is 0.496 e. The van der Waals surface area contributed by atoms with E-state index in [0.717, 1.165) is 16.5 Å². The van der Waals surface area contributed by atoms with E-state index in [1.54, 1.807) is 13.2 Å². The van der Waals surface area contributed by atoms with Crippen LogP contribution in [-0.2, 0) is 11.3 Å². The average molecular weight is 391 g/mol. The lowest BCUT2D eigenvalue weighted by atomic mass is 10.0. The first-order valence-electron chi connectivity index (χ1n) is 9.28. The number of nitrogens with one attached hydrogen (secondary N) is 1. The van der Waals surface area contributed by atoms with E-state index in [1.165, 1.54) is 10.9 Å². The first kappa shape index (κ1) is 18.7. The van der Waals surface area contributed by atoms with Crippen molar-refractivity contribution in [1.29, 1.82) is 0 Å². The van der Waals surface area contributed by atoms with Crippen molar-refractivity contribution in [3.63, 3.8) is 0 Å². The van der Waals surface area contributed by atoms with Gasteiger partial charge in [0.25, 0.3) is 5.56 Å². The van der Waals surface area contributed by atoms with Crippen molar-refractivity contribution in [3.05, 3.63) is 70.3 Å². The van der Waals surface area contributed by atoms with E-state index >= 15 is 0 Å².